The average molecular weight is 287 g/mol. The van der Waals surface area contributed by atoms with Gasteiger partial charge in [0.05, 0.1) is 0 Å². The molecular formula is C14H17N5O2. The Kier molecular flexibility index (Phi) is 3.55. The number of nitrogens with zero attached hydrogens (tertiary/aromatic N) is 4. The molecule has 0 spiro atoms. The van der Waals surface area contributed by atoms with Crippen molar-refractivity contribution in [2.75, 3.05) is 13.1 Å². The normalized spacial score (nSPS) is 18.7. The molecule has 7 heteroatoms. The van der Waals surface area contributed by atoms with E-state index >= 15 is 0 Å². The number of rotatable bonds is 2. The molecule has 1 atom stereocenters. The maximum Gasteiger partial charge on any atom is 0.270 e. The molecule has 0 radical (unpaired) electrons. The van der Waals surface area contributed by atoms with Gasteiger partial charge in [-0.05, 0) is 18.9 Å². The summed E-state index contributed by atoms with van der Waals surface area (Å²) >= 11 is 0. The van der Waals surface area contributed by atoms with E-state index in [-0.39, 0.29) is 17.4 Å². The van der Waals surface area contributed by atoms with Crippen LogP contribution in [0.15, 0.2) is 29.3 Å². The second-order valence-corrected chi connectivity index (χ2v) is 5.32. The largest absolute Gasteiger partial charge is 0.337 e. The first-order valence-electron chi connectivity index (χ1n) is 6.97. The van der Waals surface area contributed by atoms with Crippen molar-refractivity contribution in [1.29, 1.82) is 0 Å². The molecule has 1 aliphatic rings. The van der Waals surface area contributed by atoms with E-state index in [1.165, 1.54) is 6.07 Å². The van der Waals surface area contributed by atoms with Crippen LogP contribution in [0.4, 0.5) is 0 Å². The standard InChI is InChI=1S/C14H17N5O2/c1-18-9-15-17-13(18)10-4-3-7-19(8-10)14(21)11-5-2-6-12(20)16-11/h2,5-6,9-10H,3-4,7-8H2,1H3,(H,16,20). The summed E-state index contributed by atoms with van der Waals surface area (Å²) < 4.78 is 1.89. The number of piperidine rings is 1. The number of hydrogen-bond acceptors (Lipinski definition) is 4. The highest BCUT2D eigenvalue weighted by Crippen LogP contribution is 2.25. The highest BCUT2D eigenvalue weighted by molar-refractivity contribution is 5.92. The quantitative estimate of drug-likeness (QED) is 0.873. The molecule has 0 aliphatic carbocycles. The second-order valence-electron chi connectivity index (χ2n) is 5.32. The Hall–Kier alpha value is -2.44. The van der Waals surface area contributed by atoms with Gasteiger partial charge in [0, 0.05) is 32.1 Å². The summed E-state index contributed by atoms with van der Waals surface area (Å²) in [7, 11) is 1.91. The van der Waals surface area contributed by atoms with Crippen LogP contribution in [0.1, 0.15) is 35.1 Å². The van der Waals surface area contributed by atoms with Gasteiger partial charge in [-0.3, -0.25) is 9.59 Å². The number of H-pyrrole nitrogens is 1. The minimum atomic E-state index is -0.261. The fourth-order valence-corrected chi connectivity index (χ4v) is 2.78. The van der Waals surface area contributed by atoms with Crippen LogP contribution in [-0.2, 0) is 7.05 Å². The van der Waals surface area contributed by atoms with E-state index in [2.05, 4.69) is 15.2 Å². The van der Waals surface area contributed by atoms with Crippen molar-refractivity contribution in [3.8, 4) is 0 Å². The van der Waals surface area contributed by atoms with Crippen LogP contribution in [0, 0.1) is 0 Å². The molecule has 1 N–H and O–H groups in total. The molecule has 3 heterocycles. The summed E-state index contributed by atoms with van der Waals surface area (Å²) in [6.45, 7) is 1.30. The summed E-state index contributed by atoms with van der Waals surface area (Å²) in [5, 5.41) is 8.04. The van der Waals surface area contributed by atoms with E-state index < -0.39 is 0 Å². The number of amides is 1. The minimum Gasteiger partial charge on any atom is -0.337 e. The molecule has 2 aromatic heterocycles. The number of pyridine rings is 1. The Morgan fingerprint density at radius 3 is 3.00 bits per heavy atom. The van der Waals surface area contributed by atoms with Crippen molar-refractivity contribution >= 4 is 5.91 Å². The number of carbonyl (C=O) groups excluding carboxylic acids is 1. The first-order valence-corrected chi connectivity index (χ1v) is 6.97. The van der Waals surface area contributed by atoms with E-state index in [1.54, 1.807) is 23.4 Å². The molecule has 110 valence electrons. The van der Waals surface area contributed by atoms with E-state index in [4.69, 9.17) is 0 Å². The van der Waals surface area contributed by atoms with Gasteiger partial charge in [0.1, 0.15) is 17.8 Å². The number of likely N-dealkylation sites (tertiary alicyclic amines) is 1. The lowest BCUT2D eigenvalue weighted by molar-refractivity contribution is 0.0697. The van der Waals surface area contributed by atoms with Crippen molar-refractivity contribution in [1.82, 2.24) is 24.6 Å². The zero-order valence-electron chi connectivity index (χ0n) is 11.8. The maximum atomic E-state index is 12.5. The van der Waals surface area contributed by atoms with Crippen molar-refractivity contribution in [2.24, 2.45) is 7.05 Å². The average Bonchev–Trinajstić information content (AvgIpc) is 2.93. The van der Waals surface area contributed by atoms with Gasteiger partial charge in [-0.2, -0.15) is 0 Å². The van der Waals surface area contributed by atoms with E-state index in [9.17, 15) is 9.59 Å². The fourth-order valence-electron chi connectivity index (χ4n) is 2.78. The van der Waals surface area contributed by atoms with Crippen molar-refractivity contribution in [2.45, 2.75) is 18.8 Å². The van der Waals surface area contributed by atoms with Crippen LogP contribution in [0.5, 0.6) is 0 Å². The fraction of sp³-hybridized carbons (Fsp3) is 0.429. The highest BCUT2D eigenvalue weighted by atomic mass is 16.2. The summed E-state index contributed by atoms with van der Waals surface area (Å²) in [6, 6.07) is 4.63. The maximum absolute atomic E-state index is 12.5. The summed E-state index contributed by atoms with van der Waals surface area (Å²) in [4.78, 5) is 28.1. The lowest BCUT2D eigenvalue weighted by Gasteiger charge is -2.32. The Balaban J connectivity index is 1.78. The number of hydrogen-bond donors (Lipinski definition) is 1. The first-order chi connectivity index (χ1) is 10.1. The lowest BCUT2D eigenvalue weighted by atomic mass is 9.97. The Bertz CT molecular complexity index is 705. The molecule has 21 heavy (non-hydrogen) atoms. The van der Waals surface area contributed by atoms with E-state index in [0.717, 1.165) is 18.7 Å². The molecule has 7 nitrogen and oxygen atoms in total. The second kappa shape index (κ2) is 5.51. The predicted octanol–water partition coefficient (Wildman–Crippen LogP) is 0.523. The third-order valence-corrected chi connectivity index (χ3v) is 3.82. The van der Waals surface area contributed by atoms with Crippen LogP contribution >= 0.6 is 0 Å². The molecule has 1 unspecified atom stereocenters. The van der Waals surface area contributed by atoms with Crippen LogP contribution in [0.3, 0.4) is 0 Å². The topological polar surface area (TPSA) is 83.9 Å². The van der Waals surface area contributed by atoms with Gasteiger partial charge < -0.3 is 14.5 Å². The Morgan fingerprint density at radius 1 is 1.43 bits per heavy atom. The molecule has 1 saturated heterocycles. The summed E-state index contributed by atoms with van der Waals surface area (Å²) in [5.74, 6) is 0.944. The molecular weight excluding hydrogens is 270 g/mol. The van der Waals surface area contributed by atoms with Crippen LogP contribution in [0.25, 0.3) is 0 Å². The Labute approximate surface area is 121 Å². The third kappa shape index (κ3) is 2.72. The van der Waals surface area contributed by atoms with Crippen molar-refractivity contribution < 1.29 is 4.79 Å². The molecule has 0 bridgehead atoms. The predicted molar refractivity (Wildman–Crippen MR) is 75.9 cm³/mol. The van der Waals surface area contributed by atoms with Gasteiger partial charge >= 0.3 is 0 Å². The van der Waals surface area contributed by atoms with Gasteiger partial charge in [0.25, 0.3) is 5.91 Å². The smallest absolute Gasteiger partial charge is 0.270 e. The molecule has 3 rings (SSSR count). The Morgan fingerprint density at radius 2 is 2.29 bits per heavy atom. The van der Waals surface area contributed by atoms with Crippen molar-refractivity contribution in [3.05, 3.63) is 46.4 Å². The minimum absolute atomic E-state index is 0.139. The number of aromatic nitrogens is 4. The van der Waals surface area contributed by atoms with Gasteiger partial charge in [-0.1, -0.05) is 6.07 Å². The molecule has 0 saturated carbocycles. The summed E-state index contributed by atoms with van der Waals surface area (Å²) in [5.41, 5.74) is 0.0730. The molecule has 1 fully saturated rings. The molecule has 2 aromatic rings. The first kappa shape index (κ1) is 13.5. The molecule has 1 aliphatic heterocycles. The highest BCUT2D eigenvalue weighted by Gasteiger charge is 2.28. The molecule has 1 amide bonds. The van der Waals surface area contributed by atoms with Gasteiger partial charge in [-0.25, -0.2) is 0 Å². The monoisotopic (exact) mass is 287 g/mol. The third-order valence-electron chi connectivity index (χ3n) is 3.82. The van der Waals surface area contributed by atoms with Crippen LogP contribution in [-0.4, -0.2) is 43.6 Å². The number of aryl methyl sites for hydroxylation is 1. The lowest BCUT2D eigenvalue weighted by Crippen LogP contribution is -2.40. The van der Waals surface area contributed by atoms with Gasteiger partial charge in [0.15, 0.2) is 0 Å². The SMILES string of the molecule is Cn1cnnc1C1CCCN(C(=O)c2cccc(=O)[nH]2)C1. The van der Waals surface area contributed by atoms with E-state index in [1.807, 2.05) is 11.6 Å². The van der Waals surface area contributed by atoms with Gasteiger partial charge in [0.2, 0.25) is 5.56 Å². The number of carbonyl (C=O) groups is 1. The van der Waals surface area contributed by atoms with Crippen LogP contribution in [0.2, 0.25) is 0 Å². The summed E-state index contributed by atoms with van der Waals surface area (Å²) in [6.07, 6.45) is 3.58. The van der Waals surface area contributed by atoms with Gasteiger partial charge in [-0.15, -0.1) is 10.2 Å². The zero-order chi connectivity index (χ0) is 14.8. The zero-order valence-corrected chi connectivity index (χ0v) is 11.8. The molecule has 0 aromatic carbocycles. The van der Waals surface area contributed by atoms with E-state index in [0.29, 0.717) is 18.8 Å². The number of nitrogens with one attached hydrogen (secondary N) is 1. The van der Waals surface area contributed by atoms with Crippen molar-refractivity contribution in [3.63, 3.8) is 0 Å². The van der Waals surface area contributed by atoms with Crippen LogP contribution < -0.4 is 5.56 Å². The number of aromatic amines is 1.